The van der Waals surface area contributed by atoms with Gasteiger partial charge in [-0.25, -0.2) is 4.79 Å². The molecule has 2 heterocycles. The van der Waals surface area contributed by atoms with Crippen LogP contribution < -0.4 is 15.1 Å². The zero-order chi connectivity index (χ0) is 60.5. The minimum atomic E-state index is -3.28. The number of carbonyl (C=O) groups is 1. The zero-order valence-electron chi connectivity index (χ0n) is 50.5. The van der Waals surface area contributed by atoms with Gasteiger partial charge in [0.1, 0.15) is 47.8 Å². The average molecular weight is 1210 g/mol. The first-order chi connectivity index (χ1) is 42.4. The first-order valence-corrected chi connectivity index (χ1v) is 32.7. The summed E-state index contributed by atoms with van der Waals surface area (Å²) in [6, 6.07) is 78.2. The Labute approximate surface area is 518 Å². The van der Waals surface area contributed by atoms with Crippen LogP contribution in [0.1, 0.15) is 62.4 Å². The summed E-state index contributed by atoms with van der Waals surface area (Å²) in [5, 5.41) is 1.70. The van der Waals surface area contributed by atoms with Crippen molar-refractivity contribution in [1.82, 2.24) is 0 Å². The lowest BCUT2D eigenvalue weighted by atomic mass is 9.91. The molecule has 0 bridgehead atoms. The molecule has 0 unspecified atom stereocenters. The minimum absolute atomic E-state index is 0.0283. The van der Waals surface area contributed by atoms with Crippen LogP contribution in [0.3, 0.4) is 0 Å². The smallest absolute Gasteiger partial charge is 0.338 e. The fourth-order valence-corrected chi connectivity index (χ4v) is 17.2. The van der Waals surface area contributed by atoms with Crippen LogP contribution >= 0.6 is 11.8 Å². The van der Waals surface area contributed by atoms with Gasteiger partial charge in [0.25, 0.3) is 8.32 Å². The second-order valence-corrected chi connectivity index (χ2v) is 28.8. The van der Waals surface area contributed by atoms with Crippen LogP contribution in [0.15, 0.2) is 241 Å². The summed E-state index contributed by atoms with van der Waals surface area (Å²) < 4.78 is 76.8. The summed E-state index contributed by atoms with van der Waals surface area (Å²) in [4.78, 5) is 17.4. The summed E-state index contributed by atoms with van der Waals surface area (Å²) in [7, 11) is -1.66. The zero-order valence-corrected chi connectivity index (χ0v) is 52.3. The molecule has 12 nitrogen and oxygen atoms in total. The molecule has 0 N–H and O–H groups in total. The quantitative estimate of drug-likeness (QED) is 0.0342. The van der Waals surface area contributed by atoms with Crippen LogP contribution in [0.4, 0.5) is 0 Å². The van der Waals surface area contributed by atoms with Crippen LogP contribution in [0.2, 0.25) is 5.04 Å². The van der Waals surface area contributed by atoms with Crippen molar-refractivity contribution in [2.45, 2.75) is 138 Å². The molecule has 0 spiro atoms. The van der Waals surface area contributed by atoms with E-state index in [9.17, 15) is 0 Å². The molecule has 87 heavy (non-hydrogen) atoms. The van der Waals surface area contributed by atoms with E-state index in [1.165, 1.54) is 11.8 Å². The Morgan fingerprint density at radius 2 is 0.977 bits per heavy atom. The van der Waals surface area contributed by atoms with Gasteiger partial charge in [0.15, 0.2) is 18.0 Å². The van der Waals surface area contributed by atoms with Gasteiger partial charge in [-0.3, -0.25) is 0 Å². The summed E-state index contributed by atoms with van der Waals surface area (Å²) in [6.07, 6.45) is -8.16. The summed E-state index contributed by atoms with van der Waals surface area (Å²) in [5.41, 5.74) is 3.88. The van der Waals surface area contributed by atoms with E-state index in [4.69, 9.17) is 51.8 Å². The number of benzene rings is 8. The summed E-state index contributed by atoms with van der Waals surface area (Å²) >= 11 is 1.50. The number of esters is 1. The molecule has 9 atom stereocenters. The highest BCUT2D eigenvalue weighted by Crippen LogP contribution is 2.43. The summed E-state index contributed by atoms with van der Waals surface area (Å²) in [6.45, 7) is 11.2. The average Bonchev–Trinajstić information content (AvgIpc) is 1.25. The van der Waals surface area contributed by atoms with Crippen molar-refractivity contribution in [3.05, 3.63) is 264 Å². The van der Waals surface area contributed by atoms with Crippen molar-refractivity contribution >= 4 is 36.4 Å². The maximum absolute atomic E-state index is 16.5. The van der Waals surface area contributed by atoms with E-state index in [2.05, 4.69) is 69.3 Å². The maximum Gasteiger partial charge on any atom is 0.338 e. The third kappa shape index (κ3) is 16.7. The van der Waals surface area contributed by atoms with E-state index in [-0.39, 0.29) is 46.2 Å². The van der Waals surface area contributed by atoms with Crippen LogP contribution in [0.5, 0.6) is 5.75 Å². The van der Waals surface area contributed by atoms with Gasteiger partial charge in [-0.2, -0.15) is 0 Å². The van der Waals surface area contributed by atoms with Crippen LogP contribution in [0.25, 0.3) is 0 Å². The van der Waals surface area contributed by atoms with Crippen molar-refractivity contribution in [3.63, 3.8) is 0 Å². The molecule has 8 aromatic rings. The van der Waals surface area contributed by atoms with Gasteiger partial charge in [-0.05, 0) is 81.3 Å². The highest BCUT2D eigenvalue weighted by atomic mass is 32.2. The molecule has 10 rings (SSSR count). The van der Waals surface area contributed by atoms with Gasteiger partial charge < -0.3 is 51.8 Å². The fraction of sp³-hybridized carbons (Fsp3) is 0.329. The van der Waals surface area contributed by atoms with Gasteiger partial charge in [-0.1, -0.05) is 245 Å². The lowest BCUT2D eigenvalue weighted by molar-refractivity contribution is -0.291. The number of hydrogen-bond acceptors (Lipinski definition) is 13. The molecule has 0 radical (unpaired) electrons. The van der Waals surface area contributed by atoms with Gasteiger partial charge in [0, 0.05) is 4.90 Å². The van der Waals surface area contributed by atoms with E-state index in [0.29, 0.717) is 5.75 Å². The van der Waals surface area contributed by atoms with Gasteiger partial charge in [-0.15, -0.1) is 0 Å². The number of ether oxygens (including phenoxy) is 10. The molecule has 14 heteroatoms. The Kier molecular flexibility index (Phi) is 22.1. The number of thioether (sulfide) groups is 1. The molecule has 8 aromatic carbocycles. The first-order valence-electron chi connectivity index (χ1n) is 29.9. The molecule has 454 valence electrons. The maximum atomic E-state index is 16.5. The Morgan fingerprint density at radius 1 is 0.529 bits per heavy atom. The third-order valence-corrected chi connectivity index (χ3v) is 21.8. The molecule has 0 aliphatic carbocycles. The van der Waals surface area contributed by atoms with Crippen molar-refractivity contribution in [2.24, 2.45) is 0 Å². The molecule has 2 fully saturated rings. The topological polar surface area (TPSA) is 119 Å². The van der Waals surface area contributed by atoms with Crippen LogP contribution in [0, 0.1) is 0 Å². The second kappa shape index (κ2) is 30.4. The van der Waals surface area contributed by atoms with Gasteiger partial charge >= 0.3 is 5.97 Å². The Bertz CT molecular complexity index is 3250. The lowest BCUT2D eigenvalue weighted by Gasteiger charge is -2.48. The monoisotopic (exact) mass is 1210 g/mol. The first kappa shape index (κ1) is 63.3. The van der Waals surface area contributed by atoms with E-state index in [0.717, 1.165) is 43.1 Å². The van der Waals surface area contributed by atoms with Crippen LogP contribution in [-0.4, -0.2) is 94.7 Å². The predicted molar refractivity (Wildman–Crippen MR) is 341 cm³/mol. The van der Waals surface area contributed by atoms with Crippen molar-refractivity contribution in [2.75, 3.05) is 20.3 Å². The van der Waals surface area contributed by atoms with Gasteiger partial charge in [0.2, 0.25) is 0 Å². The van der Waals surface area contributed by atoms with E-state index in [1.807, 2.05) is 202 Å². The van der Waals surface area contributed by atoms with Crippen molar-refractivity contribution in [1.29, 1.82) is 0 Å². The van der Waals surface area contributed by atoms with Crippen molar-refractivity contribution < 1.29 is 56.6 Å². The van der Waals surface area contributed by atoms with E-state index < -0.39 is 79.4 Å². The minimum Gasteiger partial charge on any atom is -0.497 e. The molecule has 0 aromatic heterocycles. The highest BCUT2D eigenvalue weighted by molar-refractivity contribution is 7.99. The van der Waals surface area contributed by atoms with Gasteiger partial charge in [0.05, 0.1) is 53.4 Å². The number of carbonyl (C=O) groups excluding carboxylic acids is 1. The molecule has 0 amide bonds. The molecule has 2 saturated heterocycles. The van der Waals surface area contributed by atoms with E-state index >= 15 is 4.79 Å². The molecule has 2 aliphatic heterocycles. The predicted octanol–water partition coefficient (Wildman–Crippen LogP) is 13.1. The Morgan fingerprint density at radius 3 is 1.47 bits per heavy atom. The van der Waals surface area contributed by atoms with Crippen LogP contribution in [-0.2, 0) is 84.9 Å². The normalized spacial score (nSPS) is 21.0. The Balaban J connectivity index is 1.10. The lowest BCUT2D eigenvalue weighted by Crippen LogP contribution is -2.67. The standard InChI is InChI=1S/C73H80O12SSi/c1-72(2,3)87(60-38-24-12-25-39-60,61-40-26-13-27-41-61)81-52-63(65-71(85-73(4,5)84-65)86-59-36-22-11-23-37-59)83-70(74)69(80-50-57-42-44-58(75-6)45-43-57)68-67(79-49-56-34-20-10-21-35-56)66(78-48-55-32-18-9-19-33-55)64(77-47-54-30-16-8-17-31-54)62(82-68)51-76-46-53-28-14-7-15-29-53/h7-45,62-69,71H,46-52H2,1-6H3/t62-,63-,64-,65+,66+,67+,68+,69+,71+/m1/s1. The molecular weight excluding hydrogens is 1130 g/mol. The number of methoxy groups -OCH3 is 1. The highest BCUT2D eigenvalue weighted by Gasteiger charge is 2.56. The third-order valence-electron chi connectivity index (χ3n) is 15.6. The Hall–Kier alpha value is -6.76. The number of hydrogen-bond donors (Lipinski definition) is 0. The fourth-order valence-electron chi connectivity index (χ4n) is 11.4. The SMILES string of the molecule is COc1ccc(CO[C@H](C(=O)O[C@H](CO[Si](c2ccccc2)(c2ccccc2)C(C)(C)C)[C@@H]2OC(C)(C)O[C@H]2Sc2ccccc2)[C@H]2O[C@H](COCc3ccccc3)[C@@H](OCc3ccccc3)[C@H](OCc3ccccc3)[C@@H]2OCc2ccccc2)cc1. The van der Waals surface area contributed by atoms with Crippen molar-refractivity contribution in [3.8, 4) is 5.75 Å². The summed E-state index contributed by atoms with van der Waals surface area (Å²) in [5.74, 6) is -1.15. The largest absolute Gasteiger partial charge is 0.497 e. The number of rotatable bonds is 28. The molecular formula is C73H80O12SSi. The second-order valence-electron chi connectivity index (χ2n) is 23.4. The molecule has 0 saturated carbocycles. The molecule has 2 aliphatic rings. The van der Waals surface area contributed by atoms with E-state index in [1.54, 1.807) is 7.11 Å².